The van der Waals surface area contributed by atoms with Gasteiger partial charge in [-0.1, -0.05) is 32.6 Å². The van der Waals surface area contributed by atoms with Crippen LogP contribution in [0.15, 0.2) is 60.7 Å². The number of amides is 1. The predicted molar refractivity (Wildman–Crippen MR) is 111 cm³/mol. The summed E-state index contributed by atoms with van der Waals surface area (Å²) in [7, 11) is 0. The van der Waals surface area contributed by atoms with Gasteiger partial charge in [-0.2, -0.15) is 0 Å². The van der Waals surface area contributed by atoms with Gasteiger partial charge in [0.1, 0.15) is 12.4 Å². The van der Waals surface area contributed by atoms with E-state index in [-0.39, 0.29) is 11.0 Å². The zero-order chi connectivity index (χ0) is 19.1. The lowest BCUT2D eigenvalue weighted by Gasteiger charge is -2.11. The summed E-state index contributed by atoms with van der Waals surface area (Å²) in [5, 5.41) is 5.93. The van der Waals surface area contributed by atoms with Gasteiger partial charge < -0.3 is 10.1 Å². The highest BCUT2D eigenvalue weighted by molar-refractivity contribution is 7.80. The van der Waals surface area contributed by atoms with Crippen molar-refractivity contribution >= 4 is 28.9 Å². The zero-order valence-corrected chi connectivity index (χ0v) is 16.2. The average molecular weight is 369 g/mol. The number of benzene rings is 2. The van der Waals surface area contributed by atoms with Crippen molar-refractivity contribution in [2.45, 2.75) is 26.7 Å². The Hall–Kier alpha value is -2.66. The van der Waals surface area contributed by atoms with Crippen LogP contribution < -0.4 is 15.4 Å². The molecule has 0 atom stereocenters. The second-order valence-electron chi connectivity index (χ2n) is 6.46. The molecule has 0 spiro atoms. The molecular formula is C21H24N2O2S. The first-order valence-electron chi connectivity index (χ1n) is 8.44. The normalized spacial score (nSPS) is 10.3. The summed E-state index contributed by atoms with van der Waals surface area (Å²) in [6, 6.07) is 14.9. The molecule has 2 aromatic rings. The summed E-state index contributed by atoms with van der Waals surface area (Å²) >= 11 is 5.21. The molecule has 0 fully saturated rings. The van der Waals surface area contributed by atoms with E-state index in [0.717, 1.165) is 17.0 Å². The number of nitrogens with one attached hydrogen (secondary N) is 2. The molecule has 0 saturated carbocycles. The van der Waals surface area contributed by atoms with Gasteiger partial charge in [0.15, 0.2) is 5.11 Å². The van der Waals surface area contributed by atoms with Gasteiger partial charge in [0.05, 0.1) is 0 Å². The molecular weight excluding hydrogens is 344 g/mol. The van der Waals surface area contributed by atoms with E-state index in [4.69, 9.17) is 17.0 Å². The lowest BCUT2D eigenvalue weighted by molar-refractivity contribution is 0.0977. The van der Waals surface area contributed by atoms with E-state index in [0.29, 0.717) is 18.1 Å². The van der Waals surface area contributed by atoms with E-state index in [1.165, 1.54) is 5.56 Å². The first-order chi connectivity index (χ1) is 12.3. The highest BCUT2D eigenvalue weighted by Crippen LogP contribution is 2.17. The minimum absolute atomic E-state index is 0.237. The summed E-state index contributed by atoms with van der Waals surface area (Å²) in [5.41, 5.74) is 3.49. The van der Waals surface area contributed by atoms with E-state index in [2.05, 4.69) is 31.1 Å². The Morgan fingerprint density at radius 2 is 1.73 bits per heavy atom. The minimum Gasteiger partial charge on any atom is -0.489 e. The maximum Gasteiger partial charge on any atom is 0.257 e. The van der Waals surface area contributed by atoms with Gasteiger partial charge in [-0.3, -0.25) is 10.1 Å². The predicted octanol–water partition coefficient (Wildman–Crippen LogP) is 4.89. The van der Waals surface area contributed by atoms with Crippen LogP contribution >= 0.6 is 12.2 Å². The lowest BCUT2D eigenvalue weighted by Crippen LogP contribution is -2.34. The average Bonchev–Trinajstić information content (AvgIpc) is 2.61. The van der Waals surface area contributed by atoms with Crippen LogP contribution in [0.4, 0.5) is 5.69 Å². The number of ether oxygens (including phenoxy) is 1. The summed E-state index contributed by atoms with van der Waals surface area (Å²) in [6.07, 6.45) is 0. The van der Waals surface area contributed by atoms with E-state index in [1.807, 2.05) is 43.3 Å². The molecule has 0 heterocycles. The van der Waals surface area contributed by atoms with Gasteiger partial charge >= 0.3 is 0 Å². The maximum absolute atomic E-state index is 12.3. The monoisotopic (exact) mass is 368 g/mol. The van der Waals surface area contributed by atoms with E-state index in [9.17, 15) is 4.79 Å². The molecule has 0 unspecified atom stereocenters. The lowest BCUT2D eigenvalue weighted by atomic mass is 10.0. The van der Waals surface area contributed by atoms with Gasteiger partial charge in [0.25, 0.3) is 5.91 Å². The van der Waals surface area contributed by atoms with Crippen LogP contribution in [0.25, 0.3) is 0 Å². The fourth-order valence-corrected chi connectivity index (χ4v) is 2.41. The molecule has 0 aromatic heterocycles. The Morgan fingerprint density at radius 1 is 1.12 bits per heavy atom. The van der Waals surface area contributed by atoms with Crippen molar-refractivity contribution in [3.63, 3.8) is 0 Å². The number of rotatable bonds is 6. The van der Waals surface area contributed by atoms with Crippen LogP contribution in [0.1, 0.15) is 42.6 Å². The molecule has 5 heteroatoms. The molecule has 2 rings (SSSR count). The second-order valence-corrected chi connectivity index (χ2v) is 6.86. The third-order valence-electron chi connectivity index (χ3n) is 3.66. The van der Waals surface area contributed by atoms with E-state index in [1.54, 1.807) is 12.1 Å². The molecule has 0 saturated heterocycles. The Bertz CT molecular complexity index is 781. The maximum atomic E-state index is 12.3. The molecule has 4 nitrogen and oxygen atoms in total. The number of hydrogen-bond donors (Lipinski definition) is 2. The molecule has 1 amide bonds. The van der Waals surface area contributed by atoms with Gasteiger partial charge in [-0.25, -0.2) is 0 Å². The van der Waals surface area contributed by atoms with Crippen molar-refractivity contribution in [1.82, 2.24) is 5.32 Å². The van der Waals surface area contributed by atoms with Crippen LogP contribution in [0.2, 0.25) is 0 Å². The largest absolute Gasteiger partial charge is 0.489 e. The third kappa shape index (κ3) is 6.01. The van der Waals surface area contributed by atoms with Crippen molar-refractivity contribution in [3.05, 3.63) is 71.8 Å². The topological polar surface area (TPSA) is 50.4 Å². The fourth-order valence-electron chi connectivity index (χ4n) is 2.20. The minimum atomic E-state index is -0.237. The van der Waals surface area contributed by atoms with Crippen molar-refractivity contribution < 1.29 is 9.53 Å². The SMILES string of the molecule is C=C(C)COc1ccc(NC(=S)NC(=O)c2ccc(C(C)C)cc2)cc1. The van der Waals surface area contributed by atoms with E-state index >= 15 is 0 Å². The van der Waals surface area contributed by atoms with Crippen LogP contribution in [0.5, 0.6) is 5.75 Å². The van der Waals surface area contributed by atoms with Gasteiger partial charge in [0, 0.05) is 11.3 Å². The Labute approximate surface area is 160 Å². The first kappa shape index (κ1) is 19.7. The molecule has 136 valence electrons. The highest BCUT2D eigenvalue weighted by atomic mass is 32.1. The first-order valence-corrected chi connectivity index (χ1v) is 8.85. The Balaban J connectivity index is 1.89. The zero-order valence-electron chi connectivity index (χ0n) is 15.3. The van der Waals surface area contributed by atoms with E-state index < -0.39 is 0 Å². The number of carbonyl (C=O) groups excluding carboxylic acids is 1. The molecule has 0 aliphatic heterocycles. The number of anilines is 1. The van der Waals surface area contributed by atoms with Crippen molar-refractivity contribution in [2.75, 3.05) is 11.9 Å². The molecule has 26 heavy (non-hydrogen) atoms. The quantitative estimate of drug-likeness (QED) is 0.563. The second kappa shape index (κ2) is 9.15. The van der Waals surface area contributed by atoms with Crippen molar-refractivity contribution in [3.8, 4) is 5.75 Å². The third-order valence-corrected chi connectivity index (χ3v) is 3.87. The standard InChI is InChI=1S/C21H24N2O2S/c1-14(2)13-25-19-11-9-18(10-12-19)22-21(26)23-20(24)17-7-5-16(6-8-17)15(3)4/h5-12,15H,1,13H2,2-4H3,(H2,22,23,24,26). The van der Waals surface area contributed by atoms with Crippen molar-refractivity contribution in [2.24, 2.45) is 0 Å². The molecule has 2 aromatic carbocycles. The fraction of sp³-hybridized carbons (Fsp3) is 0.238. The summed E-state index contributed by atoms with van der Waals surface area (Å²) in [5.74, 6) is 0.940. The molecule has 2 N–H and O–H groups in total. The number of thiocarbonyl (C=S) groups is 1. The number of hydrogen-bond acceptors (Lipinski definition) is 3. The van der Waals surface area contributed by atoms with Gasteiger partial charge in [0.2, 0.25) is 0 Å². The molecule has 0 aliphatic rings. The van der Waals surface area contributed by atoms with Gasteiger partial charge in [-0.15, -0.1) is 0 Å². The van der Waals surface area contributed by atoms with Crippen LogP contribution in [-0.4, -0.2) is 17.6 Å². The van der Waals surface area contributed by atoms with Crippen LogP contribution in [0, 0.1) is 0 Å². The van der Waals surface area contributed by atoms with Crippen LogP contribution in [0.3, 0.4) is 0 Å². The highest BCUT2D eigenvalue weighted by Gasteiger charge is 2.09. The molecule has 0 aliphatic carbocycles. The van der Waals surface area contributed by atoms with Crippen molar-refractivity contribution in [1.29, 1.82) is 0 Å². The molecule has 0 bridgehead atoms. The Morgan fingerprint density at radius 3 is 2.27 bits per heavy atom. The van der Waals surface area contributed by atoms with Gasteiger partial charge in [-0.05, 0) is 72.6 Å². The number of carbonyl (C=O) groups is 1. The summed E-state index contributed by atoms with van der Waals surface area (Å²) in [6.45, 7) is 10.4. The summed E-state index contributed by atoms with van der Waals surface area (Å²) < 4.78 is 5.55. The molecule has 0 radical (unpaired) electrons. The summed E-state index contributed by atoms with van der Waals surface area (Å²) in [4.78, 5) is 12.3. The smallest absolute Gasteiger partial charge is 0.257 e. The van der Waals surface area contributed by atoms with Crippen LogP contribution in [-0.2, 0) is 0 Å². The Kier molecular flexibility index (Phi) is 6.92.